The molecule has 0 aromatic carbocycles. The minimum atomic E-state index is -0.705. The zero-order valence-corrected chi connectivity index (χ0v) is 12.1. The number of rotatable bonds is 5. The summed E-state index contributed by atoms with van der Waals surface area (Å²) in [6.07, 6.45) is -0.311. The van der Waals surface area contributed by atoms with Crippen molar-refractivity contribution in [1.29, 1.82) is 0 Å². The molecule has 0 unspecified atom stereocenters. The largest absolute Gasteiger partial charge is 0.449 e. The highest BCUT2D eigenvalue weighted by atomic mass is 32.1. The molecule has 2 aromatic rings. The van der Waals surface area contributed by atoms with Gasteiger partial charge in [-0.15, -0.1) is 0 Å². The maximum atomic E-state index is 11.5. The molecule has 9 heteroatoms. The van der Waals surface area contributed by atoms with Crippen molar-refractivity contribution in [2.24, 2.45) is 0 Å². The summed E-state index contributed by atoms with van der Waals surface area (Å²) in [6, 6.07) is 1.88. The Bertz CT molecular complexity index is 596. The van der Waals surface area contributed by atoms with Crippen molar-refractivity contribution in [2.75, 3.05) is 6.61 Å². The predicted octanol–water partition coefficient (Wildman–Crippen LogP) is 1.51. The number of hydrogen-bond donors (Lipinski definition) is 2. The number of nitrogens with one attached hydrogen (secondary N) is 2. The highest BCUT2D eigenvalue weighted by molar-refractivity contribution is 7.08. The first-order valence-electron chi connectivity index (χ1n) is 6.25. The van der Waals surface area contributed by atoms with Crippen LogP contribution in [0.2, 0.25) is 0 Å². The van der Waals surface area contributed by atoms with Crippen LogP contribution in [0, 0.1) is 0 Å². The molecule has 8 nitrogen and oxygen atoms in total. The van der Waals surface area contributed by atoms with E-state index in [1.807, 2.05) is 16.8 Å². The van der Waals surface area contributed by atoms with Gasteiger partial charge < -0.3 is 9.26 Å². The van der Waals surface area contributed by atoms with Crippen LogP contribution >= 0.6 is 11.3 Å². The molecule has 0 atom stereocenters. The van der Waals surface area contributed by atoms with Crippen LogP contribution in [0.15, 0.2) is 21.3 Å². The zero-order valence-electron chi connectivity index (χ0n) is 11.3. The second-order valence-electron chi connectivity index (χ2n) is 3.92. The van der Waals surface area contributed by atoms with E-state index >= 15 is 0 Å². The Balaban J connectivity index is 1.75. The zero-order chi connectivity index (χ0) is 15.1. The Hall–Kier alpha value is -2.42. The van der Waals surface area contributed by atoms with E-state index in [-0.39, 0.29) is 25.4 Å². The van der Waals surface area contributed by atoms with Gasteiger partial charge in [-0.1, -0.05) is 5.16 Å². The van der Waals surface area contributed by atoms with Gasteiger partial charge in [0.2, 0.25) is 17.6 Å². The van der Waals surface area contributed by atoms with Crippen molar-refractivity contribution in [2.45, 2.75) is 19.8 Å². The van der Waals surface area contributed by atoms with E-state index in [9.17, 15) is 9.59 Å². The molecular weight excluding hydrogens is 296 g/mol. The van der Waals surface area contributed by atoms with E-state index in [4.69, 9.17) is 4.52 Å². The summed E-state index contributed by atoms with van der Waals surface area (Å²) in [5, 5.41) is 7.66. The maximum absolute atomic E-state index is 11.5. The molecule has 0 fully saturated rings. The van der Waals surface area contributed by atoms with Crippen LogP contribution in [0.1, 0.15) is 19.2 Å². The average molecular weight is 310 g/mol. The fourth-order valence-electron chi connectivity index (χ4n) is 1.44. The number of hydrazine groups is 1. The Kier molecular flexibility index (Phi) is 5.27. The SMILES string of the molecule is CCOC(=O)NNC(=O)CCc1nc(-c2ccsc2)no1. The number of carbonyl (C=O) groups excluding carboxylic acids is 2. The van der Waals surface area contributed by atoms with Crippen LogP contribution < -0.4 is 10.9 Å². The van der Waals surface area contributed by atoms with Gasteiger partial charge in [-0.25, -0.2) is 10.2 Å². The molecule has 0 radical (unpaired) electrons. The lowest BCUT2D eigenvalue weighted by Gasteiger charge is -2.05. The van der Waals surface area contributed by atoms with E-state index in [1.165, 1.54) is 11.3 Å². The quantitative estimate of drug-likeness (QED) is 0.811. The van der Waals surface area contributed by atoms with Crippen LogP contribution in [0.4, 0.5) is 4.79 Å². The highest BCUT2D eigenvalue weighted by Gasteiger charge is 2.11. The predicted molar refractivity (Wildman–Crippen MR) is 74.2 cm³/mol. The van der Waals surface area contributed by atoms with Gasteiger partial charge in [-0.3, -0.25) is 10.2 Å². The summed E-state index contributed by atoms with van der Waals surface area (Å²) < 4.78 is 9.65. The topological polar surface area (TPSA) is 106 Å². The van der Waals surface area contributed by atoms with Gasteiger partial charge in [0.15, 0.2) is 0 Å². The first-order valence-corrected chi connectivity index (χ1v) is 7.20. The lowest BCUT2D eigenvalue weighted by molar-refractivity contribution is -0.122. The van der Waals surface area contributed by atoms with Crippen molar-refractivity contribution in [3.05, 3.63) is 22.7 Å². The number of aryl methyl sites for hydroxylation is 1. The van der Waals surface area contributed by atoms with E-state index < -0.39 is 6.09 Å². The van der Waals surface area contributed by atoms with Gasteiger partial charge >= 0.3 is 6.09 Å². The Morgan fingerprint density at radius 1 is 1.43 bits per heavy atom. The fourth-order valence-corrected chi connectivity index (χ4v) is 2.07. The van der Waals surface area contributed by atoms with Gasteiger partial charge in [0.1, 0.15) is 0 Å². The summed E-state index contributed by atoms with van der Waals surface area (Å²) in [5.74, 6) is 0.483. The third-order valence-corrected chi connectivity index (χ3v) is 3.08. The Morgan fingerprint density at radius 2 is 2.29 bits per heavy atom. The minimum absolute atomic E-state index is 0.109. The number of ether oxygens (including phenoxy) is 1. The van der Waals surface area contributed by atoms with Crippen LogP contribution in [-0.4, -0.2) is 28.7 Å². The van der Waals surface area contributed by atoms with Crippen molar-refractivity contribution in [3.63, 3.8) is 0 Å². The molecule has 0 bridgehead atoms. The smallest absolute Gasteiger partial charge is 0.426 e. The second kappa shape index (κ2) is 7.39. The van der Waals surface area contributed by atoms with Crippen LogP contribution in [0.25, 0.3) is 11.4 Å². The van der Waals surface area contributed by atoms with E-state index in [1.54, 1.807) is 6.92 Å². The van der Waals surface area contributed by atoms with Gasteiger partial charge in [0, 0.05) is 23.8 Å². The number of amides is 2. The summed E-state index contributed by atoms with van der Waals surface area (Å²) in [7, 11) is 0. The lowest BCUT2D eigenvalue weighted by atomic mass is 10.3. The van der Waals surface area contributed by atoms with Crippen LogP contribution in [0.5, 0.6) is 0 Å². The second-order valence-corrected chi connectivity index (χ2v) is 4.70. The van der Waals surface area contributed by atoms with Crippen molar-refractivity contribution < 1.29 is 18.8 Å². The number of carbonyl (C=O) groups is 2. The van der Waals surface area contributed by atoms with Crippen LogP contribution in [0.3, 0.4) is 0 Å². The molecule has 21 heavy (non-hydrogen) atoms. The first-order chi connectivity index (χ1) is 10.2. The summed E-state index contributed by atoms with van der Waals surface area (Å²) in [5.41, 5.74) is 5.22. The number of nitrogens with zero attached hydrogens (tertiary/aromatic N) is 2. The Morgan fingerprint density at radius 3 is 3.00 bits per heavy atom. The number of hydrogen-bond acceptors (Lipinski definition) is 7. The van der Waals surface area contributed by atoms with Crippen molar-refractivity contribution >= 4 is 23.3 Å². The number of thiophene rings is 1. The summed E-state index contributed by atoms with van der Waals surface area (Å²) in [6.45, 7) is 1.90. The van der Waals surface area contributed by atoms with E-state index in [0.717, 1.165) is 5.56 Å². The molecule has 2 N–H and O–H groups in total. The lowest BCUT2D eigenvalue weighted by Crippen LogP contribution is -2.42. The fraction of sp³-hybridized carbons (Fsp3) is 0.333. The van der Waals surface area contributed by atoms with Crippen molar-refractivity contribution in [3.8, 4) is 11.4 Å². The first kappa shape index (κ1) is 15.0. The Labute approximate surface area is 124 Å². The van der Waals surface area contributed by atoms with Gasteiger partial charge in [-0.05, 0) is 18.4 Å². The molecule has 2 aromatic heterocycles. The van der Waals surface area contributed by atoms with Crippen molar-refractivity contribution in [1.82, 2.24) is 21.0 Å². The summed E-state index contributed by atoms with van der Waals surface area (Å²) in [4.78, 5) is 26.6. The molecule has 0 saturated carbocycles. The van der Waals surface area contributed by atoms with Gasteiger partial charge in [-0.2, -0.15) is 16.3 Å². The molecule has 0 spiro atoms. The van der Waals surface area contributed by atoms with Crippen LogP contribution in [-0.2, 0) is 16.0 Å². The molecule has 112 valence electrons. The van der Waals surface area contributed by atoms with E-state index in [2.05, 4.69) is 25.7 Å². The van der Waals surface area contributed by atoms with Gasteiger partial charge in [0.25, 0.3) is 0 Å². The van der Waals surface area contributed by atoms with E-state index in [0.29, 0.717) is 11.7 Å². The summed E-state index contributed by atoms with van der Waals surface area (Å²) >= 11 is 1.54. The molecule has 0 aliphatic heterocycles. The normalized spacial score (nSPS) is 10.1. The molecule has 0 aliphatic carbocycles. The molecule has 2 amide bonds. The standard InChI is InChI=1S/C12H14N4O4S/c1-2-19-12(18)15-14-9(17)3-4-10-13-11(16-20-10)8-5-6-21-7-8/h5-7H,2-4H2,1H3,(H,14,17)(H,15,18). The molecule has 0 saturated heterocycles. The third-order valence-electron chi connectivity index (χ3n) is 2.39. The third kappa shape index (κ3) is 4.56. The number of aromatic nitrogens is 2. The average Bonchev–Trinajstić information content (AvgIpc) is 3.13. The molecule has 2 heterocycles. The monoisotopic (exact) mass is 310 g/mol. The minimum Gasteiger partial charge on any atom is -0.449 e. The molecular formula is C12H14N4O4S. The highest BCUT2D eigenvalue weighted by Crippen LogP contribution is 2.18. The molecule has 2 rings (SSSR count). The van der Waals surface area contributed by atoms with Gasteiger partial charge in [0.05, 0.1) is 6.61 Å². The molecule has 0 aliphatic rings. The maximum Gasteiger partial charge on any atom is 0.426 e.